The van der Waals surface area contributed by atoms with E-state index in [1.165, 1.54) is 0 Å². The van der Waals surface area contributed by atoms with Crippen molar-refractivity contribution >= 4 is 34.6 Å². The van der Waals surface area contributed by atoms with Crippen LogP contribution in [0.15, 0.2) is 48.8 Å². The highest BCUT2D eigenvalue weighted by molar-refractivity contribution is 7.17. The molecule has 8 heteroatoms. The number of rotatable bonds is 6. The van der Waals surface area contributed by atoms with Crippen LogP contribution in [0, 0.1) is 6.92 Å². The number of aliphatic hydroxyl groups excluding tert-OH is 1. The molecule has 30 heavy (non-hydrogen) atoms. The van der Waals surface area contributed by atoms with Crippen molar-refractivity contribution in [1.82, 2.24) is 9.38 Å². The second-order valence-corrected chi connectivity index (χ2v) is 8.29. The van der Waals surface area contributed by atoms with E-state index in [1.807, 2.05) is 42.6 Å². The van der Waals surface area contributed by atoms with Gasteiger partial charge in [0.05, 0.1) is 23.4 Å². The van der Waals surface area contributed by atoms with Crippen LogP contribution in [0.2, 0.25) is 5.02 Å². The summed E-state index contributed by atoms with van der Waals surface area (Å²) >= 11 is 7.51. The zero-order valence-electron chi connectivity index (χ0n) is 16.3. The Hall–Kier alpha value is -2.87. The SMILES string of the molecule is Cc1c(-c2cnc3ccccn23)sc(C(=O)O)c1O[C@H](C)c1ccc(CO)cc1Cl. The number of pyridine rings is 1. The number of imidazole rings is 1. The largest absolute Gasteiger partial charge is 0.484 e. The Morgan fingerprint density at radius 3 is 2.83 bits per heavy atom. The van der Waals surface area contributed by atoms with Gasteiger partial charge in [-0.1, -0.05) is 29.8 Å². The number of aromatic nitrogens is 2. The lowest BCUT2D eigenvalue weighted by atomic mass is 10.1. The van der Waals surface area contributed by atoms with E-state index < -0.39 is 12.1 Å². The number of halogens is 1. The maximum absolute atomic E-state index is 11.9. The van der Waals surface area contributed by atoms with Gasteiger partial charge in [-0.3, -0.25) is 4.40 Å². The predicted molar refractivity (Wildman–Crippen MR) is 117 cm³/mol. The highest BCUT2D eigenvalue weighted by Crippen LogP contribution is 2.43. The van der Waals surface area contributed by atoms with Gasteiger partial charge in [0.1, 0.15) is 17.5 Å². The molecule has 3 heterocycles. The number of thiophene rings is 1. The monoisotopic (exact) mass is 442 g/mol. The number of benzene rings is 1. The minimum Gasteiger partial charge on any atom is -0.484 e. The molecule has 0 aliphatic heterocycles. The molecule has 4 aromatic rings. The molecule has 0 spiro atoms. The van der Waals surface area contributed by atoms with E-state index in [2.05, 4.69) is 4.98 Å². The first-order valence-corrected chi connectivity index (χ1v) is 10.4. The van der Waals surface area contributed by atoms with Crippen LogP contribution < -0.4 is 4.74 Å². The number of carboxylic acid groups (broad SMARTS) is 1. The number of ether oxygens (including phenoxy) is 1. The Morgan fingerprint density at radius 1 is 1.33 bits per heavy atom. The van der Waals surface area contributed by atoms with Gasteiger partial charge in [0, 0.05) is 22.3 Å². The normalized spacial score (nSPS) is 12.3. The third-order valence-corrected chi connectivity index (χ3v) is 6.53. The van der Waals surface area contributed by atoms with Crippen molar-refractivity contribution in [2.75, 3.05) is 0 Å². The highest BCUT2D eigenvalue weighted by Gasteiger charge is 2.26. The van der Waals surface area contributed by atoms with E-state index in [-0.39, 0.29) is 11.5 Å². The molecule has 2 N–H and O–H groups in total. The molecule has 0 saturated heterocycles. The van der Waals surface area contributed by atoms with Gasteiger partial charge in [-0.15, -0.1) is 11.3 Å². The van der Waals surface area contributed by atoms with Crippen LogP contribution in [0.1, 0.15) is 39.4 Å². The number of hydrogen-bond donors (Lipinski definition) is 2. The van der Waals surface area contributed by atoms with Crippen LogP contribution in [0.4, 0.5) is 0 Å². The molecule has 154 valence electrons. The molecule has 0 bridgehead atoms. The minimum atomic E-state index is -1.05. The first-order chi connectivity index (χ1) is 14.4. The van der Waals surface area contributed by atoms with Crippen molar-refractivity contribution in [3.63, 3.8) is 0 Å². The van der Waals surface area contributed by atoms with Gasteiger partial charge in [-0.2, -0.15) is 0 Å². The molecule has 0 fully saturated rings. The van der Waals surface area contributed by atoms with Crippen molar-refractivity contribution in [3.8, 4) is 16.3 Å². The Kier molecular flexibility index (Phi) is 5.51. The van der Waals surface area contributed by atoms with Crippen LogP contribution in [0.5, 0.6) is 5.75 Å². The lowest BCUT2D eigenvalue weighted by Crippen LogP contribution is -2.07. The second kappa shape index (κ2) is 8.10. The molecular weight excluding hydrogens is 424 g/mol. The Bertz CT molecular complexity index is 1250. The van der Waals surface area contributed by atoms with Crippen LogP contribution in [-0.2, 0) is 6.61 Å². The van der Waals surface area contributed by atoms with Crippen LogP contribution >= 0.6 is 22.9 Å². The number of aliphatic hydroxyl groups is 1. The van der Waals surface area contributed by atoms with E-state index in [0.29, 0.717) is 21.9 Å². The number of carboxylic acids is 1. The van der Waals surface area contributed by atoms with E-state index in [4.69, 9.17) is 16.3 Å². The number of aromatic carboxylic acids is 1. The summed E-state index contributed by atoms with van der Waals surface area (Å²) in [5, 5.41) is 19.5. The van der Waals surface area contributed by atoms with Gasteiger partial charge in [-0.05, 0) is 37.6 Å². The molecule has 4 rings (SSSR count). The minimum absolute atomic E-state index is 0.106. The fourth-order valence-electron chi connectivity index (χ4n) is 3.36. The van der Waals surface area contributed by atoms with Crippen molar-refractivity contribution in [3.05, 3.63) is 75.4 Å². The number of nitrogens with zero attached hydrogens (tertiary/aromatic N) is 2. The van der Waals surface area contributed by atoms with E-state index in [0.717, 1.165) is 33.1 Å². The smallest absolute Gasteiger partial charge is 0.349 e. The zero-order chi connectivity index (χ0) is 21.4. The molecule has 0 aliphatic carbocycles. The maximum Gasteiger partial charge on any atom is 0.349 e. The average Bonchev–Trinajstić information content (AvgIpc) is 3.29. The first-order valence-electron chi connectivity index (χ1n) is 9.25. The quantitative estimate of drug-likeness (QED) is 0.420. The zero-order valence-corrected chi connectivity index (χ0v) is 17.9. The molecular formula is C22H19ClN2O4S. The fraction of sp³-hybridized carbons (Fsp3) is 0.182. The summed E-state index contributed by atoms with van der Waals surface area (Å²) in [4.78, 5) is 17.3. The van der Waals surface area contributed by atoms with Crippen LogP contribution in [0.25, 0.3) is 16.2 Å². The van der Waals surface area contributed by atoms with Crippen molar-refractivity contribution in [2.24, 2.45) is 0 Å². The number of hydrogen-bond acceptors (Lipinski definition) is 5. The molecule has 1 aromatic carbocycles. The summed E-state index contributed by atoms with van der Waals surface area (Å²) in [6.07, 6.45) is 3.15. The van der Waals surface area contributed by atoms with E-state index in [1.54, 1.807) is 24.4 Å². The maximum atomic E-state index is 11.9. The van der Waals surface area contributed by atoms with Crippen molar-refractivity contribution in [2.45, 2.75) is 26.6 Å². The Morgan fingerprint density at radius 2 is 2.13 bits per heavy atom. The molecule has 0 unspecified atom stereocenters. The van der Waals surface area contributed by atoms with Crippen LogP contribution in [0.3, 0.4) is 0 Å². The summed E-state index contributed by atoms with van der Waals surface area (Å²) in [5.41, 5.74) is 3.74. The average molecular weight is 443 g/mol. The Labute approximate surface area is 182 Å². The molecule has 1 atom stereocenters. The standard InChI is InChI=1S/C22H19ClN2O4S/c1-12-19(29-13(2)15-7-6-14(11-26)9-16(15)23)21(22(27)28)30-20(12)17-10-24-18-5-3-4-8-25(17)18/h3-10,13,26H,11H2,1-2H3,(H,27,28)/t13-/m1/s1. The second-order valence-electron chi connectivity index (χ2n) is 6.87. The highest BCUT2D eigenvalue weighted by atomic mass is 35.5. The predicted octanol–water partition coefficient (Wildman–Crippen LogP) is 5.36. The summed E-state index contributed by atoms with van der Waals surface area (Å²) in [5.74, 6) is -0.727. The molecule has 6 nitrogen and oxygen atoms in total. The lowest BCUT2D eigenvalue weighted by Gasteiger charge is -2.17. The third-order valence-electron chi connectivity index (χ3n) is 4.92. The van der Waals surface area contributed by atoms with Gasteiger partial charge in [-0.25, -0.2) is 9.78 Å². The molecule has 3 aromatic heterocycles. The Balaban J connectivity index is 1.76. The fourth-order valence-corrected chi connectivity index (χ4v) is 4.81. The van der Waals surface area contributed by atoms with E-state index in [9.17, 15) is 15.0 Å². The molecule has 0 aliphatic rings. The molecule has 0 amide bonds. The summed E-state index contributed by atoms with van der Waals surface area (Å²) in [6.45, 7) is 3.56. The molecule has 0 saturated carbocycles. The summed E-state index contributed by atoms with van der Waals surface area (Å²) < 4.78 is 8.04. The van der Waals surface area contributed by atoms with Gasteiger partial charge in [0.15, 0.2) is 4.88 Å². The van der Waals surface area contributed by atoms with Gasteiger partial charge in [0.25, 0.3) is 0 Å². The van der Waals surface area contributed by atoms with Crippen LogP contribution in [-0.4, -0.2) is 25.6 Å². The van der Waals surface area contributed by atoms with Gasteiger partial charge < -0.3 is 14.9 Å². The summed E-state index contributed by atoms with van der Waals surface area (Å²) in [6, 6.07) is 10.9. The third kappa shape index (κ3) is 3.56. The van der Waals surface area contributed by atoms with E-state index >= 15 is 0 Å². The molecule has 0 radical (unpaired) electrons. The number of carbonyl (C=O) groups is 1. The van der Waals surface area contributed by atoms with Gasteiger partial charge in [0.2, 0.25) is 0 Å². The first kappa shape index (κ1) is 20.4. The van der Waals surface area contributed by atoms with Crippen molar-refractivity contribution < 1.29 is 19.7 Å². The van der Waals surface area contributed by atoms with Gasteiger partial charge >= 0.3 is 5.97 Å². The number of fused-ring (bicyclic) bond motifs is 1. The topological polar surface area (TPSA) is 84.1 Å². The lowest BCUT2D eigenvalue weighted by molar-refractivity contribution is 0.0695. The summed E-state index contributed by atoms with van der Waals surface area (Å²) in [7, 11) is 0. The van der Waals surface area contributed by atoms with Crippen molar-refractivity contribution in [1.29, 1.82) is 0 Å².